The van der Waals surface area contributed by atoms with Crippen molar-refractivity contribution >= 4 is 11.8 Å². The number of hydrogen-bond acceptors (Lipinski definition) is 2. The minimum absolute atomic E-state index is 0.201. The van der Waals surface area contributed by atoms with E-state index in [0.717, 1.165) is 0 Å². The van der Waals surface area contributed by atoms with E-state index in [9.17, 15) is 14.0 Å². The first kappa shape index (κ1) is 9.27. The van der Waals surface area contributed by atoms with Crippen LogP contribution in [0.25, 0.3) is 0 Å². The summed E-state index contributed by atoms with van der Waals surface area (Å²) in [5, 5.41) is 0. The molecule has 0 radical (unpaired) electrons. The third-order valence-electron chi connectivity index (χ3n) is 0.972. The van der Waals surface area contributed by atoms with Gasteiger partial charge in [0.1, 0.15) is 5.78 Å². The van der Waals surface area contributed by atoms with Gasteiger partial charge in [0, 0.05) is 6.42 Å². The van der Waals surface area contributed by atoms with Gasteiger partial charge >= 0.3 is 6.04 Å². The predicted octanol–water partition coefficient (Wildman–Crippen LogP) is 1.49. The molecule has 0 N–H and O–H groups in total. The number of ketones is 1. The molecule has 0 saturated heterocycles. The fraction of sp³-hybridized carbons (Fsp3) is 0.714. The number of rotatable bonds is 4. The second kappa shape index (κ2) is 4.14. The maximum absolute atomic E-state index is 11.5. The molecule has 0 unspecified atom stereocenters. The molecule has 0 aliphatic carbocycles. The van der Waals surface area contributed by atoms with Crippen LogP contribution in [0.2, 0.25) is 0 Å². The van der Waals surface area contributed by atoms with Crippen molar-refractivity contribution in [2.75, 3.05) is 0 Å². The first-order chi connectivity index (χ1) is 4.52. The maximum atomic E-state index is 11.5. The fourth-order valence-corrected chi connectivity index (χ4v) is 0.683. The van der Waals surface area contributed by atoms with Crippen molar-refractivity contribution in [2.24, 2.45) is 5.92 Å². The van der Waals surface area contributed by atoms with Crippen molar-refractivity contribution in [1.29, 1.82) is 0 Å². The summed E-state index contributed by atoms with van der Waals surface area (Å²) < 4.78 is 11.5. The lowest BCUT2D eigenvalue weighted by atomic mass is 10.1. The topological polar surface area (TPSA) is 34.1 Å². The highest BCUT2D eigenvalue weighted by Gasteiger charge is 2.09. The van der Waals surface area contributed by atoms with Crippen LogP contribution < -0.4 is 0 Å². The molecule has 2 nitrogen and oxygen atoms in total. The van der Waals surface area contributed by atoms with Crippen LogP contribution in [0.4, 0.5) is 4.39 Å². The van der Waals surface area contributed by atoms with Gasteiger partial charge in [-0.05, 0) is 5.92 Å². The van der Waals surface area contributed by atoms with Crippen molar-refractivity contribution in [3.05, 3.63) is 0 Å². The Bertz CT molecular complexity index is 141. The highest BCUT2D eigenvalue weighted by atomic mass is 19.1. The van der Waals surface area contributed by atoms with E-state index in [2.05, 4.69) is 0 Å². The second-order valence-corrected chi connectivity index (χ2v) is 2.67. The molecule has 0 spiro atoms. The highest BCUT2D eigenvalue weighted by molar-refractivity contribution is 5.95. The van der Waals surface area contributed by atoms with E-state index in [-0.39, 0.29) is 18.1 Å². The van der Waals surface area contributed by atoms with Crippen LogP contribution >= 0.6 is 0 Å². The van der Waals surface area contributed by atoms with Crippen LogP contribution in [0.1, 0.15) is 26.7 Å². The fourth-order valence-electron chi connectivity index (χ4n) is 0.683. The molecule has 0 atom stereocenters. The predicted molar refractivity (Wildman–Crippen MR) is 35.2 cm³/mol. The standard InChI is InChI=1S/C7H11FO2/c1-5(2)3-6(9)4-7(8)10/h5H,3-4H2,1-2H3. The average molecular weight is 146 g/mol. The van der Waals surface area contributed by atoms with Gasteiger partial charge in [0.25, 0.3) is 0 Å². The van der Waals surface area contributed by atoms with Crippen LogP contribution in [0.3, 0.4) is 0 Å². The molecule has 0 saturated carbocycles. The minimum Gasteiger partial charge on any atom is -0.299 e. The number of Topliss-reactive ketones (excluding diaryl/α,β-unsaturated/α-hetero) is 1. The minimum atomic E-state index is -1.54. The van der Waals surface area contributed by atoms with E-state index >= 15 is 0 Å². The monoisotopic (exact) mass is 146 g/mol. The Kier molecular flexibility index (Phi) is 3.84. The molecule has 0 amide bonds. The van der Waals surface area contributed by atoms with Crippen LogP contribution in [0, 0.1) is 5.92 Å². The molecule has 3 heteroatoms. The normalized spacial score (nSPS) is 10.0. The number of carbonyl (C=O) groups is 2. The molecule has 0 heterocycles. The Morgan fingerprint density at radius 1 is 1.40 bits per heavy atom. The summed E-state index contributed by atoms with van der Waals surface area (Å²) in [5.74, 6) is -0.116. The molecule has 0 aliphatic rings. The smallest absolute Gasteiger partial charge is 0.299 e. The van der Waals surface area contributed by atoms with Crippen molar-refractivity contribution in [2.45, 2.75) is 26.7 Å². The summed E-state index contributed by atoms with van der Waals surface area (Å²) in [4.78, 5) is 20.4. The first-order valence-electron chi connectivity index (χ1n) is 3.22. The SMILES string of the molecule is CC(C)CC(=O)CC(=O)F. The van der Waals surface area contributed by atoms with Crippen molar-refractivity contribution < 1.29 is 14.0 Å². The van der Waals surface area contributed by atoms with E-state index < -0.39 is 12.5 Å². The molecule has 58 valence electrons. The molecule has 10 heavy (non-hydrogen) atoms. The molecule has 0 aromatic carbocycles. The molecule has 0 bridgehead atoms. The van der Waals surface area contributed by atoms with Crippen molar-refractivity contribution in [1.82, 2.24) is 0 Å². The summed E-state index contributed by atoms with van der Waals surface area (Å²) in [7, 11) is 0. The summed E-state index contributed by atoms with van der Waals surface area (Å²) in [6.45, 7) is 3.70. The largest absolute Gasteiger partial charge is 0.308 e. The van der Waals surface area contributed by atoms with Crippen molar-refractivity contribution in [3.8, 4) is 0 Å². The highest BCUT2D eigenvalue weighted by Crippen LogP contribution is 2.02. The van der Waals surface area contributed by atoms with Gasteiger partial charge in [-0.2, -0.15) is 4.39 Å². The van der Waals surface area contributed by atoms with Gasteiger partial charge in [-0.1, -0.05) is 13.8 Å². The number of halogens is 1. The van der Waals surface area contributed by atoms with Crippen LogP contribution in [0.15, 0.2) is 0 Å². The first-order valence-corrected chi connectivity index (χ1v) is 3.22. The van der Waals surface area contributed by atoms with Gasteiger partial charge in [-0.25, -0.2) is 0 Å². The lowest BCUT2D eigenvalue weighted by molar-refractivity contribution is -0.134. The van der Waals surface area contributed by atoms with E-state index in [1.165, 1.54) is 0 Å². The Labute approximate surface area is 59.4 Å². The van der Waals surface area contributed by atoms with Gasteiger partial charge in [0.15, 0.2) is 0 Å². The Hall–Kier alpha value is -0.730. The van der Waals surface area contributed by atoms with Crippen LogP contribution in [-0.4, -0.2) is 11.8 Å². The summed E-state index contributed by atoms with van der Waals surface area (Å²) in [5.41, 5.74) is 0. The molecular weight excluding hydrogens is 135 g/mol. The Morgan fingerprint density at radius 3 is 2.20 bits per heavy atom. The molecule has 0 rings (SSSR count). The second-order valence-electron chi connectivity index (χ2n) is 2.67. The van der Waals surface area contributed by atoms with E-state index in [1.807, 2.05) is 13.8 Å². The van der Waals surface area contributed by atoms with Gasteiger partial charge in [-0.15, -0.1) is 0 Å². The van der Waals surface area contributed by atoms with Crippen molar-refractivity contribution in [3.63, 3.8) is 0 Å². The molecular formula is C7H11FO2. The Balaban J connectivity index is 3.54. The van der Waals surface area contributed by atoms with E-state index in [4.69, 9.17) is 0 Å². The number of hydrogen-bond donors (Lipinski definition) is 0. The molecule has 0 aromatic rings. The lowest BCUT2D eigenvalue weighted by Crippen LogP contribution is -2.06. The zero-order chi connectivity index (χ0) is 8.15. The summed E-state index contributed by atoms with van der Waals surface area (Å²) >= 11 is 0. The van der Waals surface area contributed by atoms with E-state index in [0.29, 0.717) is 0 Å². The quantitative estimate of drug-likeness (QED) is 0.444. The Morgan fingerprint density at radius 2 is 1.90 bits per heavy atom. The zero-order valence-corrected chi connectivity index (χ0v) is 6.19. The van der Waals surface area contributed by atoms with E-state index in [1.54, 1.807) is 0 Å². The van der Waals surface area contributed by atoms with Gasteiger partial charge < -0.3 is 0 Å². The van der Waals surface area contributed by atoms with Crippen LogP contribution in [-0.2, 0) is 9.59 Å². The van der Waals surface area contributed by atoms with Gasteiger partial charge in [-0.3, -0.25) is 9.59 Å². The zero-order valence-electron chi connectivity index (χ0n) is 6.19. The third-order valence-corrected chi connectivity index (χ3v) is 0.972. The molecule has 0 aliphatic heterocycles. The summed E-state index contributed by atoms with van der Waals surface area (Å²) in [6.07, 6.45) is -0.270. The van der Waals surface area contributed by atoms with Gasteiger partial charge in [0.2, 0.25) is 0 Å². The van der Waals surface area contributed by atoms with Crippen LogP contribution in [0.5, 0.6) is 0 Å². The average Bonchev–Trinajstić information content (AvgIpc) is 1.58. The van der Waals surface area contributed by atoms with Gasteiger partial charge in [0.05, 0.1) is 6.42 Å². The molecule has 0 fully saturated rings. The molecule has 0 aromatic heterocycles. The summed E-state index contributed by atoms with van der Waals surface area (Å²) in [6, 6.07) is -1.54. The lowest BCUT2D eigenvalue weighted by Gasteiger charge is -1.99. The number of carbonyl (C=O) groups excluding carboxylic acids is 2. The maximum Gasteiger partial charge on any atom is 0.308 e. The third kappa shape index (κ3) is 5.41.